The SMILES string of the molecule is CCCCOc1ccccc1CCC(C)C(Cc1ccccc1OCCCC)C(O)[C@@H](O)[C@@H](O)[C@H](O)[C@@H](O)CO. The second-order valence-electron chi connectivity index (χ2n) is 10.7. The van der Waals surface area contributed by atoms with Crippen molar-refractivity contribution >= 4 is 0 Å². The largest absolute Gasteiger partial charge is 0.493 e. The summed E-state index contributed by atoms with van der Waals surface area (Å²) in [6.07, 6.45) is -2.86. The lowest BCUT2D eigenvalue weighted by Crippen LogP contribution is -2.52. The average molecular weight is 563 g/mol. The van der Waals surface area contributed by atoms with Crippen LogP contribution >= 0.6 is 0 Å². The molecule has 0 aliphatic rings. The summed E-state index contributed by atoms with van der Waals surface area (Å²) in [5.41, 5.74) is 1.93. The topological polar surface area (TPSA) is 140 Å². The van der Waals surface area contributed by atoms with Gasteiger partial charge >= 0.3 is 0 Å². The number of aliphatic hydroxyl groups excluding tert-OH is 6. The summed E-state index contributed by atoms with van der Waals surface area (Å²) in [4.78, 5) is 0. The highest BCUT2D eigenvalue weighted by atomic mass is 16.5. The molecule has 2 rings (SSSR count). The first-order valence-electron chi connectivity index (χ1n) is 14.7. The molecule has 0 aliphatic carbocycles. The van der Waals surface area contributed by atoms with E-state index in [4.69, 9.17) is 14.6 Å². The molecule has 0 saturated carbocycles. The normalized spacial score (nSPS) is 16.9. The van der Waals surface area contributed by atoms with E-state index in [1.54, 1.807) is 0 Å². The van der Waals surface area contributed by atoms with Crippen LogP contribution in [0.1, 0.15) is 64.0 Å². The number of aryl methyl sites for hydroxylation is 1. The van der Waals surface area contributed by atoms with Gasteiger partial charge in [-0.05, 0) is 67.2 Å². The van der Waals surface area contributed by atoms with E-state index < -0.39 is 43.0 Å². The smallest absolute Gasteiger partial charge is 0.122 e. The van der Waals surface area contributed by atoms with Gasteiger partial charge in [-0.15, -0.1) is 0 Å². The van der Waals surface area contributed by atoms with Crippen LogP contribution in [0.5, 0.6) is 11.5 Å². The summed E-state index contributed by atoms with van der Waals surface area (Å²) in [5, 5.41) is 61.9. The van der Waals surface area contributed by atoms with Gasteiger partial charge in [-0.25, -0.2) is 0 Å². The number of benzene rings is 2. The van der Waals surface area contributed by atoms with E-state index in [1.165, 1.54) is 0 Å². The molecule has 2 aromatic rings. The Kier molecular flexibility index (Phi) is 15.5. The highest BCUT2D eigenvalue weighted by Gasteiger charge is 2.39. The van der Waals surface area contributed by atoms with Crippen LogP contribution in [0.3, 0.4) is 0 Å². The quantitative estimate of drug-likeness (QED) is 0.135. The summed E-state index contributed by atoms with van der Waals surface area (Å²) < 4.78 is 12.0. The Hall–Kier alpha value is -2.20. The second kappa shape index (κ2) is 18.3. The highest BCUT2D eigenvalue weighted by Crippen LogP contribution is 2.32. The molecule has 2 aromatic carbocycles. The van der Waals surface area contributed by atoms with Crippen molar-refractivity contribution in [2.45, 2.75) is 96.2 Å². The maximum Gasteiger partial charge on any atom is 0.122 e. The van der Waals surface area contributed by atoms with Gasteiger partial charge in [0.25, 0.3) is 0 Å². The molecule has 0 spiro atoms. The summed E-state index contributed by atoms with van der Waals surface area (Å²) >= 11 is 0. The molecule has 226 valence electrons. The fourth-order valence-electron chi connectivity index (χ4n) is 4.82. The van der Waals surface area contributed by atoms with Gasteiger partial charge in [-0.3, -0.25) is 0 Å². The minimum Gasteiger partial charge on any atom is -0.493 e. The number of hydrogen-bond donors (Lipinski definition) is 6. The Morgan fingerprint density at radius 3 is 1.73 bits per heavy atom. The zero-order valence-electron chi connectivity index (χ0n) is 24.2. The van der Waals surface area contributed by atoms with Crippen molar-refractivity contribution in [3.05, 3.63) is 59.7 Å². The molecule has 6 N–H and O–H groups in total. The van der Waals surface area contributed by atoms with Crippen LogP contribution < -0.4 is 9.47 Å². The lowest BCUT2D eigenvalue weighted by molar-refractivity contribution is -0.152. The molecule has 40 heavy (non-hydrogen) atoms. The molecule has 7 atom stereocenters. The lowest BCUT2D eigenvalue weighted by atomic mass is 9.77. The monoisotopic (exact) mass is 562 g/mol. The first kappa shape index (κ1) is 34.0. The third kappa shape index (κ3) is 10.3. The van der Waals surface area contributed by atoms with Crippen LogP contribution in [0, 0.1) is 11.8 Å². The van der Waals surface area contributed by atoms with Gasteiger partial charge in [0.2, 0.25) is 0 Å². The molecule has 0 fully saturated rings. The molecular weight excluding hydrogens is 512 g/mol. The summed E-state index contributed by atoms with van der Waals surface area (Å²) in [5.74, 6) is 0.906. The van der Waals surface area contributed by atoms with E-state index in [1.807, 2.05) is 55.5 Å². The Bertz CT molecular complexity index is 954. The zero-order valence-corrected chi connectivity index (χ0v) is 24.2. The van der Waals surface area contributed by atoms with Crippen molar-refractivity contribution in [2.75, 3.05) is 19.8 Å². The molecule has 8 nitrogen and oxygen atoms in total. The van der Waals surface area contributed by atoms with E-state index >= 15 is 0 Å². The predicted octanol–water partition coefficient (Wildman–Crippen LogP) is 3.27. The fraction of sp³-hybridized carbons (Fsp3) is 0.625. The van der Waals surface area contributed by atoms with Gasteiger partial charge in [0.15, 0.2) is 0 Å². The molecule has 0 amide bonds. The maximum atomic E-state index is 11.4. The molecule has 8 heteroatoms. The predicted molar refractivity (Wildman–Crippen MR) is 155 cm³/mol. The van der Waals surface area contributed by atoms with Crippen LogP contribution in [0.25, 0.3) is 0 Å². The van der Waals surface area contributed by atoms with Gasteiger partial charge < -0.3 is 40.1 Å². The van der Waals surface area contributed by atoms with Crippen LogP contribution in [0.4, 0.5) is 0 Å². The minimum atomic E-state index is -1.85. The van der Waals surface area contributed by atoms with Gasteiger partial charge in [0, 0.05) is 0 Å². The molecule has 0 radical (unpaired) electrons. The number of ether oxygens (including phenoxy) is 2. The lowest BCUT2D eigenvalue weighted by Gasteiger charge is -2.35. The third-order valence-electron chi connectivity index (χ3n) is 7.58. The van der Waals surface area contributed by atoms with E-state index in [-0.39, 0.29) is 5.92 Å². The average Bonchev–Trinajstić information content (AvgIpc) is 2.98. The van der Waals surface area contributed by atoms with Crippen LogP contribution in [0.15, 0.2) is 48.5 Å². The van der Waals surface area contributed by atoms with E-state index in [0.29, 0.717) is 38.2 Å². The fourth-order valence-corrected chi connectivity index (χ4v) is 4.82. The van der Waals surface area contributed by atoms with Gasteiger partial charge in [0.05, 0.1) is 25.9 Å². The molecule has 0 saturated heterocycles. The van der Waals surface area contributed by atoms with Crippen LogP contribution in [-0.2, 0) is 12.8 Å². The number of hydrogen-bond acceptors (Lipinski definition) is 8. The Morgan fingerprint density at radius 2 is 1.18 bits per heavy atom. The summed E-state index contributed by atoms with van der Waals surface area (Å²) in [6.45, 7) is 6.62. The molecular formula is C32H50O8. The number of aliphatic hydroxyl groups is 6. The van der Waals surface area contributed by atoms with Crippen molar-refractivity contribution in [3.63, 3.8) is 0 Å². The van der Waals surface area contributed by atoms with Gasteiger partial charge in [0.1, 0.15) is 35.9 Å². The molecule has 3 unspecified atom stereocenters. The van der Waals surface area contributed by atoms with Crippen molar-refractivity contribution in [1.82, 2.24) is 0 Å². The van der Waals surface area contributed by atoms with E-state index in [0.717, 1.165) is 42.6 Å². The zero-order chi connectivity index (χ0) is 29.5. The van der Waals surface area contributed by atoms with Gasteiger partial charge in [-0.1, -0.05) is 70.0 Å². The molecule has 0 bridgehead atoms. The summed E-state index contributed by atoms with van der Waals surface area (Å²) in [7, 11) is 0. The van der Waals surface area contributed by atoms with Crippen LogP contribution in [-0.4, -0.2) is 81.0 Å². The van der Waals surface area contributed by atoms with E-state index in [9.17, 15) is 25.5 Å². The highest BCUT2D eigenvalue weighted by molar-refractivity contribution is 5.35. The minimum absolute atomic E-state index is 0.121. The number of rotatable bonds is 20. The number of unbranched alkanes of at least 4 members (excludes halogenated alkanes) is 2. The van der Waals surface area contributed by atoms with E-state index in [2.05, 4.69) is 13.8 Å². The van der Waals surface area contributed by atoms with Crippen molar-refractivity contribution in [1.29, 1.82) is 0 Å². The first-order chi connectivity index (χ1) is 19.2. The molecule has 0 aromatic heterocycles. The number of para-hydroxylation sites is 2. The standard InChI is InChI=1S/C32H50O8/c1-4-6-18-39-27-14-10-8-12-23(27)17-16-22(3)25(29(35)31(37)32(38)30(36)26(34)21-33)20-24-13-9-11-15-28(24)40-19-7-5-2/h8-15,22,25-26,29-38H,4-7,16-21H2,1-3H3/t22?,25?,26-,29?,30+,31+,32-/m0/s1. The first-order valence-corrected chi connectivity index (χ1v) is 14.7. The molecule has 0 aliphatic heterocycles. The van der Waals surface area contributed by atoms with Crippen molar-refractivity contribution in [2.24, 2.45) is 11.8 Å². The van der Waals surface area contributed by atoms with Crippen molar-refractivity contribution < 1.29 is 40.1 Å². The maximum absolute atomic E-state index is 11.4. The van der Waals surface area contributed by atoms with Crippen molar-refractivity contribution in [3.8, 4) is 11.5 Å². The second-order valence-corrected chi connectivity index (χ2v) is 10.7. The molecule has 0 heterocycles. The Morgan fingerprint density at radius 1 is 0.675 bits per heavy atom. The Labute approximate surface area is 239 Å². The van der Waals surface area contributed by atoms with Gasteiger partial charge in [-0.2, -0.15) is 0 Å². The summed E-state index contributed by atoms with van der Waals surface area (Å²) in [6, 6.07) is 15.5. The third-order valence-corrected chi connectivity index (χ3v) is 7.58. The Balaban J connectivity index is 2.28. The van der Waals surface area contributed by atoms with Crippen LogP contribution in [0.2, 0.25) is 0 Å².